The molecule has 1 fully saturated rings. The molecule has 0 spiro atoms. The van der Waals surface area contributed by atoms with E-state index in [0.29, 0.717) is 5.69 Å². The summed E-state index contributed by atoms with van der Waals surface area (Å²) in [5.74, 6) is -0.284. The van der Waals surface area contributed by atoms with Gasteiger partial charge in [0.15, 0.2) is 0 Å². The van der Waals surface area contributed by atoms with Crippen LogP contribution in [-0.4, -0.2) is 57.1 Å². The third-order valence-electron chi connectivity index (χ3n) is 5.88. The first kappa shape index (κ1) is 23.5. The number of rotatable bonds is 6. The number of fused-ring (bicyclic) bond motifs is 1. The lowest BCUT2D eigenvalue weighted by atomic mass is 10.1. The number of pyridine rings is 1. The Bertz CT molecular complexity index is 1140. The van der Waals surface area contributed by atoms with Crippen molar-refractivity contribution in [1.29, 1.82) is 0 Å². The van der Waals surface area contributed by atoms with E-state index in [1.165, 1.54) is 4.90 Å². The summed E-state index contributed by atoms with van der Waals surface area (Å²) >= 11 is 0. The maximum absolute atomic E-state index is 13.0. The fourth-order valence-electron chi connectivity index (χ4n) is 4.09. The lowest BCUT2D eigenvalue weighted by Crippen LogP contribution is -2.42. The Morgan fingerprint density at radius 1 is 1.21 bits per heavy atom. The highest BCUT2D eigenvalue weighted by molar-refractivity contribution is 7.66. The fraction of sp³-hybridized carbons (Fsp3) is 0.364. The van der Waals surface area contributed by atoms with Crippen molar-refractivity contribution in [1.82, 2.24) is 20.2 Å². The number of nitrogens with one attached hydrogen (secondary N) is 2. The zero-order chi connectivity index (χ0) is 23.6. The van der Waals surface area contributed by atoms with Crippen molar-refractivity contribution in [3.63, 3.8) is 0 Å². The van der Waals surface area contributed by atoms with E-state index in [2.05, 4.69) is 15.3 Å². The number of halogens is 3. The van der Waals surface area contributed by atoms with E-state index in [1.54, 1.807) is 48.8 Å². The molecular formula is C22H24F3N4O3P. The Morgan fingerprint density at radius 3 is 2.55 bits per heavy atom. The van der Waals surface area contributed by atoms with Gasteiger partial charge in [0, 0.05) is 40.8 Å². The second-order valence-corrected chi connectivity index (χ2v) is 10.7. The average Bonchev–Trinajstić information content (AvgIpc) is 3.21. The Kier molecular flexibility index (Phi) is 6.61. The highest BCUT2D eigenvalue weighted by atomic mass is 31.2. The molecule has 0 aliphatic carbocycles. The first-order valence-electron chi connectivity index (χ1n) is 10.5. The summed E-state index contributed by atoms with van der Waals surface area (Å²) < 4.78 is 50.7. The summed E-state index contributed by atoms with van der Waals surface area (Å²) in [6, 6.07) is 9.94. The maximum atomic E-state index is 13.0. The van der Waals surface area contributed by atoms with Crippen LogP contribution in [0.4, 0.5) is 13.2 Å². The molecular weight excluding hydrogens is 456 g/mol. The molecule has 3 heterocycles. The third kappa shape index (κ3) is 5.63. The van der Waals surface area contributed by atoms with Crippen LogP contribution in [-0.2, 0) is 11.1 Å². The zero-order valence-corrected chi connectivity index (χ0v) is 18.6. The SMILES string of the molecule is O=C(NCc1ccc(P(=O)(O)C2CCN(CC(F)(F)F)CC2)cc1)c1cc2cnccc2[nH]1. The van der Waals surface area contributed by atoms with Gasteiger partial charge in [0.25, 0.3) is 5.91 Å². The molecule has 176 valence electrons. The van der Waals surface area contributed by atoms with Gasteiger partial charge in [-0.1, -0.05) is 12.1 Å². The number of aromatic nitrogens is 2. The van der Waals surface area contributed by atoms with Crippen LogP contribution in [0.15, 0.2) is 48.8 Å². The topological polar surface area (TPSA) is 98.3 Å². The van der Waals surface area contributed by atoms with Crippen molar-refractivity contribution in [2.45, 2.75) is 31.2 Å². The van der Waals surface area contributed by atoms with Crippen molar-refractivity contribution in [3.05, 3.63) is 60.0 Å². The number of hydrogen-bond donors (Lipinski definition) is 3. The van der Waals surface area contributed by atoms with E-state index in [4.69, 9.17) is 0 Å². The molecule has 3 N–H and O–H groups in total. The molecule has 4 rings (SSSR count). The van der Waals surface area contributed by atoms with Gasteiger partial charge in [0.1, 0.15) is 5.69 Å². The molecule has 1 aromatic carbocycles. The molecule has 11 heteroatoms. The van der Waals surface area contributed by atoms with Crippen LogP contribution in [0.5, 0.6) is 0 Å². The van der Waals surface area contributed by atoms with Gasteiger partial charge in [-0.2, -0.15) is 13.2 Å². The lowest BCUT2D eigenvalue weighted by molar-refractivity contribution is -0.147. The van der Waals surface area contributed by atoms with Crippen molar-refractivity contribution in [2.75, 3.05) is 19.6 Å². The molecule has 1 aliphatic heterocycles. The van der Waals surface area contributed by atoms with Crippen LogP contribution in [0.25, 0.3) is 10.9 Å². The maximum Gasteiger partial charge on any atom is 0.401 e. The quantitative estimate of drug-likeness (QED) is 0.470. The molecule has 1 amide bonds. The van der Waals surface area contributed by atoms with Crippen molar-refractivity contribution in [3.8, 4) is 0 Å². The van der Waals surface area contributed by atoms with Gasteiger partial charge < -0.3 is 15.2 Å². The standard InChI is InChI=1S/C22H24F3N4O3P/c23-22(24,25)14-29-9-6-18(7-10-29)33(31,32)17-3-1-15(2-4-17)12-27-21(30)20-11-16-13-26-8-5-19(16)28-20/h1-5,8,11,13,18,28H,6-7,9-10,12,14H2,(H,27,30)(H,31,32). The normalized spacial score (nSPS) is 17.7. The van der Waals surface area contributed by atoms with E-state index in [1.807, 2.05) is 0 Å². The predicted molar refractivity (Wildman–Crippen MR) is 119 cm³/mol. The van der Waals surface area contributed by atoms with Crippen LogP contribution in [0.1, 0.15) is 28.9 Å². The van der Waals surface area contributed by atoms with Crippen LogP contribution in [0, 0.1) is 0 Å². The van der Waals surface area contributed by atoms with Gasteiger partial charge in [-0.25, -0.2) is 0 Å². The van der Waals surface area contributed by atoms with Crippen LogP contribution >= 0.6 is 7.37 Å². The third-order valence-corrected chi connectivity index (χ3v) is 8.42. The van der Waals surface area contributed by atoms with Crippen LogP contribution < -0.4 is 10.6 Å². The largest absolute Gasteiger partial charge is 0.401 e. The van der Waals surface area contributed by atoms with E-state index in [9.17, 15) is 27.4 Å². The number of carbonyl (C=O) groups excluding carboxylic acids is 1. The minimum Gasteiger partial charge on any atom is -0.350 e. The number of carbonyl (C=O) groups is 1. The highest BCUT2D eigenvalue weighted by Crippen LogP contribution is 2.49. The number of nitrogens with zero attached hydrogens (tertiary/aromatic N) is 2. The number of hydrogen-bond acceptors (Lipinski definition) is 4. The first-order valence-corrected chi connectivity index (χ1v) is 12.3. The van der Waals surface area contributed by atoms with Gasteiger partial charge in [-0.3, -0.25) is 19.2 Å². The number of benzene rings is 1. The molecule has 7 nitrogen and oxygen atoms in total. The van der Waals surface area contributed by atoms with E-state index in [0.717, 1.165) is 16.5 Å². The molecule has 3 aromatic rings. The molecule has 33 heavy (non-hydrogen) atoms. The summed E-state index contributed by atoms with van der Waals surface area (Å²) in [5, 5.41) is 3.90. The minimum atomic E-state index is -4.27. The van der Waals surface area contributed by atoms with E-state index < -0.39 is 25.7 Å². The molecule has 2 aromatic heterocycles. The van der Waals surface area contributed by atoms with Gasteiger partial charge >= 0.3 is 6.18 Å². The summed E-state index contributed by atoms with van der Waals surface area (Å²) in [5.41, 5.74) is 1.41. The molecule has 0 radical (unpaired) electrons. The summed E-state index contributed by atoms with van der Waals surface area (Å²) in [4.78, 5) is 31.4. The summed E-state index contributed by atoms with van der Waals surface area (Å²) in [7, 11) is -3.73. The van der Waals surface area contributed by atoms with E-state index in [-0.39, 0.29) is 43.7 Å². The van der Waals surface area contributed by atoms with Crippen molar-refractivity contribution in [2.24, 2.45) is 0 Å². The highest BCUT2D eigenvalue weighted by Gasteiger charge is 2.38. The molecule has 0 saturated carbocycles. The number of aromatic amines is 1. The smallest absolute Gasteiger partial charge is 0.350 e. The van der Waals surface area contributed by atoms with Gasteiger partial charge in [-0.05, 0) is 55.8 Å². The summed E-state index contributed by atoms with van der Waals surface area (Å²) in [6.07, 6.45) is -0.502. The Labute approximate surface area is 188 Å². The molecule has 1 unspecified atom stereocenters. The number of alkyl halides is 3. The first-order chi connectivity index (χ1) is 15.6. The van der Waals surface area contributed by atoms with Crippen LogP contribution in [0.3, 0.4) is 0 Å². The van der Waals surface area contributed by atoms with Crippen molar-refractivity contribution >= 4 is 29.5 Å². The lowest BCUT2D eigenvalue weighted by Gasteiger charge is -2.34. The van der Waals surface area contributed by atoms with Gasteiger partial charge in [-0.15, -0.1) is 0 Å². The Morgan fingerprint density at radius 2 is 1.91 bits per heavy atom. The molecule has 1 saturated heterocycles. The molecule has 1 atom stereocenters. The summed E-state index contributed by atoms with van der Waals surface area (Å²) in [6.45, 7) is -0.477. The number of H-pyrrole nitrogens is 1. The minimum absolute atomic E-state index is 0.142. The van der Waals surface area contributed by atoms with Crippen LogP contribution in [0.2, 0.25) is 0 Å². The van der Waals surface area contributed by atoms with Gasteiger partial charge in [0.2, 0.25) is 7.37 Å². The number of piperidine rings is 1. The second-order valence-electron chi connectivity index (χ2n) is 8.24. The molecule has 0 bridgehead atoms. The van der Waals surface area contributed by atoms with Crippen molar-refractivity contribution < 1.29 is 27.4 Å². The number of likely N-dealkylation sites (tertiary alicyclic amines) is 1. The zero-order valence-electron chi connectivity index (χ0n) is 17.7. The monoisotopic (exact) mass is 480 g/mol. The predicted octanol–water partition coefficient (Wildman–Crippen LogP) is 3.42. The molecule has 1 aliphatic rings. The average molecular weight is 480 g/mol. The fourth-order valence-corrected chi connectivity index (χ4v) is 6.02. The second kappa shape index (κ2) is 9.29. The Balaban J connectivity index is 1.33. The van der Waals surface area contributed by atoms with E-state index >= 15 is 0 Å². The number of amides is 1. The Hall–Kier alpha value is -2.68. The van der Waals surface area contributed by atoms with Gasteiger partial charge in [0.05, 0.1) is 6.54 Å².